The van der Waals surface area contributed by atoms with E-state index in [1.54, 1.807) is 4.90 Å². The Balaban J connectivity index is 0.00000208. The van der Waals surface area contributed by atoms with E-state index < -0.39 is 5.54 Å². The molecule has 2 aliphatic rings. The molecular formula is C19H29ClN2O2. The van der Waals surface area contributed by atoms with Crippen molar-refractivity contribution < 1.29 is 9.53 Å². The van der Waals surface area contributed by atoms with Gasteiger partial charge in [0, 0.05) is 31.5 Å². The Kier molecular flexibility index (Phi) is 5.63. The number of fused-ring (bicyclic) bond motifs is 1. The number of ether oxygens (including phenoxy) is 1. The molecule has 3 unspecified atom stereocenters. The van der Waals surface area contributed by atoms with Crippen LogP contribution in [0.5, 0.6) is 0 Å². The zero-order valence-corrected chi connectivity index (χ0v) is 15.6. The van der Waals surface area contributed by atoms with Crippen LogP contribution in [0.4, 0.5) is 0 Å². The monoisotopic (exact) mass is 352 g/mol. The van der Waals surface area contributed by atoms with Crippen LogP contribution in [0.1, 0.15) is 32.3 Å². The molecule has 24 heavy (non-hydrogen) atoms. The molecule has 1 saturated carbocycles. The van der Waals surface area contributed by atoms with Gasteiger partial charge in [-0.2, -0.15) is 0 Å². The third-order valence-corrected chi connectivity index (χ3v) is 5.96. The highest BCUT2D eigenvalue weighted by atomic mass is 35.5. The highest BCUT2D eigenvalue weighted by Crippen LogP contribution is 2.57. The summed E-state index contributed by atoms with van der Waals surface area (Å²) in [6.07, 6.45) is 2.96. The number of rotatable bonds is 4. The Morgan fingerprint density at radius 3 is 2.67 bits per heavy atom. The maximum absolute atomic E-state index is 13.1. The molecule has 1 aliphatic carbocycles. The molecule has 0 aromatic heterocycles. The lowest BCUT2D eigenvalue weighted by atomic mass is 9.46. The highest BCUT2D eigenvalue weighted by Gasteiger charge is 2.70. The van der Waals surface area contributed by atoms with E-state index in [1.807, 2.05) is 25.2 Å². The van der Waals surface area contributed by atoms with E-state index in [-0.39, 0.29) is 35.8 Å². The minimum Gasteiger partial charge on any atom is -0.377 e. The van der Waals surface area contributed by atoms with E-state index in [4.69, 9.17) is 10.5 Å². The molecule has 3 atom stereocenters. The van der Waals surface area contributed by atoms with Crippen LogP contribution in [-0.2, 0) is 16.0 Å². The van der Waals surface area contributed by atoms with Crippen molar-refractivity contribution in [3.8, 4) is 0 Å². The van der Waals surface area contributed by atoms with Gasteiger partial charge in [-0.15, -0.1) is 12.4 Å². The molecule has 2 N–H and O–H groups in total. The van der Waals surface area contributed by atoms with Crippen molar-refractivity contribution in [2.24, 2.45) is 17.1 Å². The summed E-state index contributed by atoms with van der Waals surface area (Å²) in [7, 11) is 1.87. The van der Waals surface area contributed by atoms with Gasteiger partial charge in [-0.05, 0) is 24.8 Å². The summed E-state index contributed by atoms with van der Waals surface area (Å²) < 4.78 is 5.90. The smallest absolute Gasteiger partial charge is 0.243 e. The van der Waals surface area contributed by atoms with Gasteiger partial charge in [0.05, 0.1) is 6.10 Å². The van der Waals surface area contributed by atoms with Crippen molar-refractivity contribution >= 4 is 18.3 Å². The molecule has 0 bridgehead atoms. The number of hydrogen-bond acceptors (Lipinski definition) is 3. The number of halogens is 1. The molecule has 4 nitrogen and oxygen atoms in total. The van der Waals surface area contributed by atoms with Crippen molar-refractivity contribution in [3.63, 3.8) is 0 Å². The van der Waals surface area contributed by atoms with Gasteiger partial charge in [-0.3, -0.25) is 4.79 Å². The predicted molar refractivity (Wildman–Crippen MR) is 98.2 cm³/mol. The Morgan fingerprint density at radius 1 is 1.33 bits per heavy atom. The predicted octanol–water partition coefficient (Wildman–Crippen LogP) is 2.64. The number of likely N-dealkylation sites (N-methyl/N-ethyl adjacent to an activating group) is 1. The van der Waals surface area contributed by atoms with Crippen molar-refractivity contribution in [1.82, 2.24) is 4.90 Å². The number of nitrogens with zero attached hydrogens (tertiary/aromatic N) is 1. The number of benzene rings is 1. The van der Waals surface area contributed by atoms with Crippen LogP contribution < -0.4 is 5.73 Å². The van der Waals surface area contributed by atoms with E-state index in [0.29, 0.717) is 6.54 Å². The minimum absolute atomic E-state index is 0. The molecule has 1 heterocycles. The molecule has 134 valence electrons. The second-order valence-electron chi connectivity index (χ2n) is 7.59. The first-order chi connectivity index (χ1) is 10.9. The van der Waals surface area contributed by atoms with Crippen LogP contribution >= 0.6 is 12.4 Å². The van der Waals surface area contributed by atoms with Crippen molar-refractivity contribution in [2.75, 3.05) is 20.2 Å². The normalized spacial score (nSPS) is 30.5. The Bertz CT molecular complexity index is 578. The zero-order chi connectivity index (χ0) is 16.7. The van der Waals surface area contributed by atoms with Gasteiger partial charge < -0.3 is 15.4 Å². The van der Waals surface area contributed by atoms with Gasteiger partial charge in [0.2, 0.25) is 5.91 Å². The fourth-order valence-electron chi connectivity index (χ4n) is 4.37. The van der Waals surface area contributed by atoms with Crippen LogP contribution in [0.25, 0.3) is 0 Å². The van der Waals surface area contributed by atoms with Crippen molar-refractivity contribution in [1.29, 1.82) is 0 Å². The topological polar surface area (TPSA) is 55.6 Å². The number of carbonyl (C=O) groups excluding carboxylic acids is 1. The molecule has 0 radical (unpaired) electrons. The third-order valence-electron chi connectivity index (χ3n) is 5.96. The van der Waals surface area contributed by atoms with E-state index in [0.717, 1.165) is 25.9 Å². The van der Waals surface area contributed by atoms with Gasteiger partial charge in [0.15, 0.2) is 0 Å². The molecule has 3 rings (SSSR count). The average Bonchev–Trinajstić information content (AvgIpc) is 2.59. The standard InChI is InChI=1S/C19H28N2O2.ClH/c1-18(2)16-15(10-7-13-23-16)19(18,20)17(22)21(3)12-11-14-8-5-4-6-9-14;/h4-6,8-9,15-16H,7,10-13,20H2,1-3H3;1H. The second kappa shape index (κ2) is 7.03. The number of carbonyl (C=O) groups is 1. The van der Waals surface area contributed by atoms with Gasteiger partial charge in [0.1, 0.15) is 5.54 Å². The lowest BCUT2D eigenvalue weighted by Crippen LogP contribution is -2.82. The summed E-state index contributed by atoms with van der Waals surface area (Å²) in [5, 5.41) is 0. The first-order valence-corrected chi connectivity index (χ1v) is 8.59. The average molecular weight is 353 g/mol. The molecule has 2 fully saturated rings. The summed E-state index contributed by atoms with van der Waals surface area (Å²) in [4.78, 5) is 14.9. The molecular weight excluding hydrogens is 324 g/mol. The van der Waals surface area contributed by atoms with Gasteiger partial charge in [-0.1, -0.05) is 44.2 Å². The lowest BCUT2D eigenvalue weighted by molar-refractivity contribution is -0.229. The zero-order valence-electron chi connectivity index (χ0n) is 14.8. The largest absolute Gasteiger partial charge is 0.377 e. The maximum Gasteiger partial charge on any atom is 0.243 e. The minimum atomic E-state index is -0.802. The first kappa shape index (κ1) is 19.2. The first-order valence-electron chi connectivity index (χ1n) is 8.59. The van der Waals surface area contributed by atoms with Crippen LogP contribution in [0.2, 0.25) is 0 Å². The molecule has 1 aliphatic heterocycles. The molecule has 1 saturated heterocycles. The maximum atomic E-state index is 13.1. The number of hydrogen-bond donors (Lipinski definition) is 1. The van der Waals surface area contributed by atoms with E-state index >= 15 is 0 Å². The Morgan fingerprint density at radius 2 is 2.00 bits per heavy atom. The van der Waals surface area contributed by atoms with E-state index in [1.165, 1.54) is 5.56 Å². The summed E-state index contributed by atoms with van der Waals surface area (Å²) in [6.45, 7) is 5.62. The van der Waals surface area contributed by atoms with Crippen LogP contribution in [0, 0.1) is 11.3 Å². The quantitative estimate of drug-likeness (QED) is 0.906. The van der Waals surface area contributed by atoms with Gasteiger partial charge in [0.25, 0.3) is 0 Å². The van der Waals surface area contributed by atoms with Crippen molar-refractivity contribution in [3.05, 3.63) is 35.9 Å². The fourth-order valence-corrected chi connectivity index (χ4v) is 4.37. The SMILES string of the molecule is CN(CCc1ccccc1)C(=O)C1(N)C2CCCOC2C1(C)C.Cl. The highest BCUT2D eigenvalue weighted by molar-refractivity contribution is 5.89. The van der Waals surface area contributed by atoms with Gasteiger partial charge in [-0.25, -0.2) is 0 Å². The molecule has 1 amide bonds. The summed E-state index contributed by atoms with van der Waals surface area (Å²) in [5.41, 5.74) is 6.81. The van der Waals surface area contributed by atoms with E-state index in [2.05, 4.69) is 26.0 Å². The van der Waals surface area contributed by atoms with Crippen LogP contribution in [0.3, 0.4) is 0 Å². The van der Waals surface area contributed by atoms with E-state index in [9.17, 15) is 4.79 Å². The summed E-state index contributed by atoms with van der Waals surface area (Å²) >= 11 is 0. The fraction of sp³-hybridized carbons (Fsp3) is 0.632. The molecule has 5 heteroatoms. The van der Waals surface area contributed by atoms with Crippen molar-refractivity contribution in [2.45, 2.75) is 44.8 Å². The number of nitrogens with two attached hydrogens (primary N) is 1. The second-order valence-corrected chi connectivity index (χ2v) is 7.59. The Labute approximate surface area is 151 Å². The van der Waals surface area contributed by atoms with Crippen LogP contribution in [0.15, 0.2) is 30.3 Å². The summed E-state index contributed by atoms with van der Waals surface area (Å²) in [5.74, 6) is 0.211. The molecule has 1 aromatic carbocycles. The van der Waals surface area contributed by atoms with Gasteiger partial charge >= 0.3 is 0 Å². The molecule has 0 spiro atoms. The lowest BCUT2D eigenvalue weighted by Gasteiger charge is -2.65. The third kappa shape index (κ3) is 2.85. The molecule has 1 aromatic rings. The Hall–Kier alpha value is -1.10. The van der Waals surface area contributed by atoms with Crippen LogP contribution in [-0.4, -0.2) is 42.6 Å². The number of amides is 1. The summed E-state index contributed by atoms with van der Waals surface area (Å²) in [6, 6.07) is 10.2.